The molecular formula is C11H12ClNO3. The third kappa shape index (κ3) is 3.55. The van der Waals surface area contributed by atoms with E-state index in [2.05, 4.69) is 5.16 Å². The first-order valence-corrected chi connectivity index (χ1v) is 5.17. The van der Waals surface area contributed by atoms with E-state index in [9.17, 15) is 4.79 Å². The highest BCUT2D eigenvalue weighted by atomic mass is 35.5. The van der Waals surface area contributed by atoms with Gasteiger partial charge in [0.2, 0.25) is 0 Å². The lowest BCUT2D eigenvalue weighted by atomic mass is 10.1. The third-order valence-electron chi connectivity index (χ3n) is 1.92. The van der Waals surface area contributed by atoms with Crippen molar-refractivity contribution in [3.05, 3.63) is 34.9 Å². The molecule has 0 fully saturated rings. The van der Waals surface area contributed by atoms with Gasteiger partial charge in [-0.05, 0) is 24.6 Å². The zero-order valence-electron chi connectivity index (χ0n) is 8.81. The molecule has 0 amide bonds. The van der Waals surface area contributed by atoms with Gasteiger partial charge in [0.15, 0.2) is 5.71 Å². The molecule has 1 aromatic rings. The molecular weight excluding hydrogens is 230 g/mol. The molecule has 4 nitrogen and oxygen atoms in total. The van der Waals surface area contributed by atoms with Crippen LogP contribution in [0.15, 0.2) is 29.4 Å². The molecule has 0 radical (unpaired) electrons. The van der Waals surface area contributed by atoms with Crippen LogP contribution in [-0.2, 0) is 16.0 Å². The Balaban J connectivity index is 2.71. The van der Waals surface area contributed by atoms with Gasteiger partial charge in [-0.1, -0.05) is 28.9 Å². The quantitative estimate of drug-likeness (QED) is 0.381. The van der Waals surface area contributed by atoms with E-state index in [0.717, 1.165) is 5.56 Å². The number of carbonyl (C=O) groups is 1. The summed E-state index contributed by atoms with van der Waals surface area (Å²) < 4.78 is 4.74. The minimum Gasteiger partial charge on any atom is -0.461 e. The Morgan fingerprint density at radius 2 is 2.06 bits per heavy atom. The molecule has 0 saturated carbocycles. The van der Waals surface area contributed by atoms with E-state index in [1.54, 1.807) is 31.2 Å². The number of carbonyl (C=O) groups excluding carboxylic acids is 1. The lowest BCUT2D eigenvalue weighted by Crippen LogP contribution is -2.19. The normalized spacial score (nSPS) is 11.2. The van der Waals surface area contributed by atoms with Crippen molar-refractivity contribution in [3.8, 4) is 0 Å². The van der Waals surface area contributed by atoms with Crippen molar-refractivity contribution in [3.63, 3.8) is 0 Å². The van der Waals surface area contributed by atoms with Gasteiger partial charge in [-0.25, -0.2) is 4.79 Å². The van der Waals surface area contributed by atoms with E-state index in [1.807, 2.05) is 0 Å². The Morgan fingerprint density at radius 1 is 1.44 bits per heavy atom. The van der Waals surface area contributed by atoms with Crippen LogP contribution >= 0.6 is 11.6 Å². The first-order valence-electron chi connectivity index (χ1n) is 4.80. The fraction of sp³-hybridized carbons (Fsp3) is 0.273. The van der Waals surface area contributed by atoms with E-state index in [1.165, 1.54) is 0 Å². The topological polar surface area (TPSA) is 58.9 Å². The predicted molar refractivity (Wildman–Crippen MR) is 61.0 cm³/mol. The largest absolute Gasteiger partial charge is 0.461 e. The second-order valence-corrected chi connectivity index (χ2v) is 3.51. The van der Waals surface area contributed by atoms with Crippen LogP contribution in [0.1, 0.15) is 12.5 Å². The van der Waals surface area contributed by atoms with Gasteiger partial charge in [-0.3, -0.25) is 0 Å². The summed E-state index contributed by atoms with van der Waals surface area (Å²) in [7, 11) is 0. The van der Waals surface area contributed by atoms with Crippen molar-refractivity contribution >= 4 is 23.3 Å². The molecule has 0 aliphatic heterocycles. The molecule has 0 atom stereocenters. The summed E-state index contributed by atoms with van der Waals surface area (Å²) in [5, 5.41) is 12.2. The van der Waals surface area contributed by atoms with Crippen LogP contribution in [0.2, 0.25) is 5.02 Å². The third-order valence-corrected chi connectivity index (χ3v) is 2.17. The minimum absolute atomic E-state index is 0.0239. The Hall–Kier alpha value is -1.55. The maximum Gasteiger partial charge on any atom is 0.356 e. The first-order chi connectivity index (χ1) is 7.67. The molecule has 0 aliphatic carbocycles. The molecule has 16 heavy (non-hydrogen) atoms. The first kappa shape index (κ1) is 12.5. The molecule has 0 heterocycles. The summed E-state index contributed by atoms with van der Waals surface area (Å²) in [6, 6.07) is 6.92. The Bertz CT molecular complexity index is 387. The van der Waals surface area contributed by atoms with E-state index < -0.39 is 5.97 Å². The summed E-state index contributed by atoms with van der Waals surface area (Å²) in [5.74, 6) is -0.611. The van der Waals surface area contributed by atoms with Gasteiger partial charge < -0.3 is 9.94 Å². The van der Waals surface area contributed by atoms with E-state index in [0.29, 0.717) is 5.02 Å². The molecule has 0 unspecified atom stereocenters. The second kappa shape index (κ2) is 6.12. The van der Waals surface area contributed by atoms with Gasteiger partial charge in [-0.2, -0.15) is 0 Å². The number of halogens is 1. The summed E-state index contributed by atoms with van der Waals surface area (Å²) in [4.78, 5) is 11.3. The Morgan fingerprint density at radius 3 is 2.56 bits per heavy atom. The molecule has 0 aliphatic rings. The van der Waals surface area contributed by atoms with Crippen molar-refractivity contribution in [2.24, 2.45) is 5.16 Å². The molecule has 1 rings (SSSR count). The second-order valence-electron chi connectivity index (χ2n) is 3.07. The van der Waals surface area contributed by atoms with Gasteiger partial charge in [0, 0.05) is 11.4 Å². The fourth-order valence-electron chi connectivity index (χ4n) is 1.16. The number of benzene rings is 1. The number of esters is 1. The molecule has 5 heteroatoms. The van der Waals surface area contributed by atoms with Crippen molar-refractivity contribution in [2.45, 2.75) is 13.3 Å². The number of hydrogen-bond acceptors (Lipinski definition) is 4. The van der Waals surface area contributed by atoms with Crippen LogP contribution in [-0.4, -0.2) is 23.5 Å². The Kier molecular flexibility index (Phi) is 4.79. The van der Waals surface area contributed by atoms with Crippen LogP contribution < -0.4 is 0 Å². The lowest BCUT2D eigenvalue weighted by Gasteiger charge is -2.04. The van der Waals surface area contributed by atoms with Crippen LogP contribution in [0.5, 0.6) is 0 Å². The summed E-state index contributed by atoms with van der Waals surface area (Å²) in [6.45, 7) is 1.94. The fourth-order valence-corrected chi connectivity index (χ4v) is 1.28. The van der Waals surface area contributed by atoms with E-state index in [-0.39, 0.29) is 18.7 Å². The highest BCUT2D eigenvalue weighted by molar-refractivity contribution is 6.36. The van der Waals surface area contributed by atoms with Gasteiger partial charge in [0.05, 0.1) is 6.61 Å². The van der Waals surface area contributed by atoms with Crippen molar-refractivity contribution in [2.75, 3.05) is 6.61 Å². The van der Waals surface area contributed by atoms with Crippen LogP contribution in [0, 0.1) is 0 Å². The highest BCUT2D eigenvalue weighted by Crippen LogP contribution is 2.10. The maximum atomic E-state index is 11.3. The average Bonchev–Trinajstić information content (AvgIpc) is 2.28. The molecule has 0 saturated heterocycles. The zero-order valence-corrected chi connectivity index (χ0v) is 9.57. The Labute approximate surface area is 98.5 Å². The molecule has 1 N–H and O–H groups in total. The number of hydrogen-bond donors (Lipinski definition) is 1. The zero-order chi connectivity index (χ0) is 12.0. The van der Waals surface area contributed by atoms with Crippen molar-refractivity contribution < 1.29 is 14.7 Å². The van der Waals surface area contributed by atoms with Gasteiger partial charge in [0.25, 0.3) is 0 Å². The predicted octanol–water partition coefficient (Wildman–Crippen LogP) is 2.28. The number of rotatable bonds is 4. The SMILES string of the molecule is CCOC(=O)/C(Cc1ccc(Cl)cc1)=N\O. The smallest absolute Gasteiger partial charge is 0.356 e. The van der Waals surface area contributed by atoms with Crippen LogP contribution in [0.3, 0.4) is 0 Å². The number of oxime groups is 1. The minimum atomic E-state index is -0.611. The van der Waals surface area contributed by atoms with E-state index >= 15 is 0 Å². The standard InChI is InChI=1S/C11H12ClNO3/c1-2-16-11(14)10(13-15)7-8-3-5-9(12)6-4-8/h3-6,15H,2,7H2,1H3/b13-10-. The van der Waals surface area contributed by atoms with Crippen LogP contribution in [0.25, 0.3) is 0 Å². The highest BCUT2D eigenvalue weighted by Gasteiger charge is 2.13. The van der Waals surface area contributed by atoms with Crippen molar-refractivity contribution in [1.29, 1.82) is 0 Å². The van der Waals surface area contributed by atoms with Gasteiger partial charge in [-0.15, -0.1) is 0 Å². The lowest BCUT2D eigenvalue weighted by molar-refractivity contribution is -0.135. The summed E-state index contributed by atoms with van der Waals surface area (Å²) in [5.41, 5.74) is 0.800. The summed E-state index contributed by atoms with van der Waals surface area (Å²) >= 11 is 5.72. The van der Waals surface area contributed by atoms with Gasteiger partial charge in [0.1, 0.15) is 0 Å². The monoisotopic (exact) mass is 241 g/mol. The summed E-state index contributed by atoms with van der Waals surface area (Å²) in [6.07, 6.45) is 0.215. The average molecular weight is 242 g/mol. The van der Waals surface area contributed by atoms with Crippen LogP contribution in [0.4, 0.5) is 0 Å². The van der Waals surface area contributed by atoms with E-state index in [4.69, 9.17) is 21.5 Å². The van der Waals surface area contributed by atoms with Crippen molar-refractivity contribution in [1.82, 2.24) is 0 Å². The molecule has 0 bridgehead atoms. The van der Waals surface area contributed by atoms with Gasteiger partial charge >= 0.3 is 5.97 Å². The number of nitrogens with zero attached hydrogens (tertiary/aromatic N) is 1. The molecule has 1 aromatic carbocycles. The molecule has 0 spiro atoms. The number of ether oxygens (including phenoxy) is 1. The molecule has 0 aromatic heterocycles. The maximum absolute atomic E-state index is 11.3. The molecule has 86 valence electrons.